The molecule has 0 spiro atoms. The first kappa shape index (κ1) is 18.6. The predicted octanol–water partition coefficient (Wildman–Crippen LogP) is 4.10. The lowest BCUT2D eigenvalue weighted by Gasteiger charge is -2.33. The van der Waals surface area contributed by atoms with Crippen LogP contribution in [0, 0.1) is 23.7 Å². The molecule has 3 atom stereocenters. The number of hydrogen-bond donors (Lipinski definition) is 0. The summed E-state index contributed by atoms with van der Waals surface area (Å²) in [6, 6.07) is 1.90. The Bertz CT molecular complexity index is 741. The zero-order valence-electron chi connectivity index (χ0n) is 14.9. The number of aromatic nitrogens is 1. The molecule has 3 unspecified atom stereocenters. The summed E-state index contributed by atoms with van der Waals surface area (Å²) < 4.78 is 43.2. The lowest BCUT2D eigenvalue weighted by atomic mass is 10.0. The Labute approximate surface area is 150 Å². The summed E-state index contributed by atoms with van der Waals surface area (Å²) in [4.78, 5) is 17.8. The van der Waals surface area contributed by atoms with Gasteiger partial charge >= 0.3 is 12.3 Å². The molecular weight excluding hydrogens is 345 g/mol. The van der Waals surface area contributed by atoms with Crippen molar-refractivity contribution in [2.75, 3.05) is 6.54 Å². The van der Waals surface area contributed by atoms with E-state index in [0.29, 0.717) is 18.4 Å². The number of carbonyl (C=O) groups is 1. The maximum absolute atomic E-state index is 12.6. The van der Waals surface area contributed by atoms with Crippen molar-refractivity contribution in [3.8, 4) is 11.8 Å². The normalized spacial score (nSPS) is 25.0. The SMILES string of the molecule is CC(C)(C)OC(=O)N1CC2CC2CC1C#Cc1ccc(C(F)(F)F)cn1. The van der Waals surface area contributed by atoms with E-state index in [2.05, 4.69) is 16.8 Å². The van der Waals surface area contributed by atoms with Crippen LogP contribution in [0.25, 0.3) is 0 Å². The van der Waals surface area contributed by atoms with Crippen molar-refractivity contribution in [3.05, 3.63) is 29.6 Å². The molecule has 1 aliphatic carbocycles. The molecule has 2 heterocycles. The van der Waals surface area contributed by atoms with Crippen LogP contribution in [0.4, 0.5) is 18.0 Å². The first-order valence-electron chi connectivity index (χ1n) is 8.57. The minimum Gasteiger partial charge on any atom is -0.444 e. The fraction of sp³-hybridized carbons (Fsp3) is 0.579. The van der Waals surface area contributed by atoms with E-state index >= 15 is 0 Å². The van der Waals surface area contributed by atoms with E-state index in [1.54, 1.807) is 4.90 Å². The van der Waals surface area contributed by atoms with Gasteiger partial charge in [-0.1, -0.05) is 5.92 Å². The Morgan fingerprint density at radius 3 is 2.54 bits per heavy atom. The Morgan fingerprint density at radius 2 is 1.96 bits per heavy atom. The van der Waals surface area contributed by atoms with Gasteiger partial charge in [-0.2, -0.15) is 13.2 Å². The largest absolute Gasteiger partial charge is 0.444 e. The highest BCUT2D eigenvalue weighted by Gasteiger charge is 2.47. The molecule has 1 saturated carbocycles. The third-order valence-corrected chi connectivity index (χ3v) is 4.49. The molecule has 3 rings (SSSR count). The number of alkyl halides is 3. The van der Waals surface area contributed by atoms with Crippen LogP contribution < -0.4 is 0 Å². The van der Waals surface area contributed by atoms with Gasteiger partial charge in [0, 0.05) is 12.7 Å². The van der Waals surface area contributed by atoms with Crippen LogP contribution in [-0.2, 0) is 10.9 Å². The number of rotatable bonds is 0. The molecule has 2 fully saturated rings. The average molecular weight is 366 g/mol. The number of piperidine rings is 1. The van der Waals surface area contributed by atoms with Gasteiger partial charge < -0.3 is 4.74 Å². The topological polar surface area (TPSA) is 42.4 Å². The molecule has 0 aromatic carbocycles. The smallest absolute Gasteiger partial charge is 0.417 e. The monoisotopic (exact) mass is 366 g/mol. The molecule has 26 heavy (non-hydrogen) atoms. The zero-order chi connectivity index (χ0) is 19.1. The quantitative estimate of drug-likeness (QED) is 0.650. The summed E-state index contributed by atoms with van der Waals surface area (Å²) >= 11 is 0. The van der Waals surface area contributed by atoms with Gasteiger partial charge in [0.25, 0.3) is 0 Å². The van der Waals surface area contributed by atoms with Crippen LogP contribution in [0.3, 0.4) is 0 Å². The second-order valence-electron chi connectivity index (χ2n) is 7.84. The van der Waals surface area contributed by atoms with Crippen LogP contribution in [0.5, 0.6) is 0 Å². The van der Waals surface area contributed by atoms with Crippen LogP contribution in [0.1, 0.15) is 44.9 Å². The number of ether oxygens (including phenoxy) is 1. The Hall–Kier alpha value is -2.23. The van der Waals surface area contributed by atoms with Crippen molar-refractivity contribution in [1.29, 1.82) is 0 Å². The highest BCUT2D eigenvalue weighted by molar-refractivity contribution is 5.69. The molecule has 2 aliphatic rings. The standard InChI is InChI=1S/C19H21F3N2O2/c1-18(2,3)26-17(25)24-11-13-8-12(13)9-16(24)7-6-15-5-4-14(10-23-15)19(20,21)22/h4-5,10,12-13,16H,8-9,11H2,1-3H3. The molecule has 0 bridgehead atoms. The van der Waals surface area contributed by atoms with E-state index in [-0.39, 0.29) is 11.7 Å². The third kappa shape index (κ3) is 4.48. The summed E-state index contributed by atoms with van der Waals surface area (Å²) in [5.41, 5.74) is -1.15. The summed E-state index contributed by atoms with van der Waals surface area (Å²) in [6.45, 7) is 6.03. The minimum atomic E-state index is -4.42. The fourth-order valence-electron chi connectivity index (χ4n) is 3.07. The minimum absolute atomic E-state index is 0.250. The first-order chi connectivity index (χ1) is 12.0. The predicted molar refractivity (Wildman–Crippen MR) is 89.1 cm³/mol. The second-order valence-corrected chi connectivity index (χ2v) is 7.84. The molecule has 1 aromatic rings. The fourth-order valence-corrected chi connectivity index (χ4v) is 3.07. The van der Waals surface area contributed by atoms with E-state index in [4.69, 9.17) is 4.74 Å². The number of hydrogen-bond acceptors (Lipinski definition) is 3. The van der Waals surface area contributed by atoms with Crippen molar-refractivity contribution in [3.63, 3.8) is 0 Å². The molecule has 1 saturated heterocycles. The van der Waals surface area contributed by atoms with Gasteiger partial charge in [0.05, 0.1) is 11.6 Å². The number of pyridine rings is 1. The van der Waals surface area contributed by atoms with Crippen molar-refractivity contribution < 1.29 is 22.7 Å². The Kier molecular flexibility index (Phi) is 4.63. The van der Waals surface area contributed by atoms with Crippen molar-refractivity contribution >= 4 is 6.09 Å². The molecule has 4 nitrogen and oxygen atoms in total. The van der Waals surface area contributed by atoms with Crippen LogP contribution in [-0.4, -0.2) is 34.2 Å². The van der Waals surface area contributed by atoms with E-state index in [0.717, 1.165) is 25.1 Å². The van der Waals surface area contributed by atoms with E-state index in [9.17, 15) is 18.0 Å². The van der Waals surface area contributed by atoms with Crippen LogP contribution in [0.2, 0.25) is 0 Å². The summed E-state index contributed by atoms with van der Waals surface area (Å²) in [7, 11) is 0. The average Bonchev–Trinajstić information content (AvgIpc) is 3.28. The van der Waals surface area contributed by atoms with E-state index in [1.165, 1.54) is 6.07 Å². The van der Waals surface area contributed by atoms with Gasteiger partial charge in [0.15, 0.2) is 0 Å². The lowest BCUT2D eigenvalue weighted by Crippen LogP contribution is -2.46. The van der Waals surface area contributed by atoms with Gasteiger partial charge in [-0.25, -0.2) is 9.78 Å². The number of fused-ring (bicyclic) bond motifs is 1. The molecule has 0 radical (unpaired) electrons. The van der Waals surface area contributed by atoms with Gasteiger partial charge in [-0.05, 0) is 63.5 Å². The number of likely N-dealkylation sites (tertiary alicyclic amines) is 1. The second kappa shape index (κ2) is 6.49. The maximum Gasteiger partial charge on any atom is 0.417 e. The number of amides is 1. The molecular formula is C19H21F3N2O2. The van der Waals surface area contributed by atoms with Gasteiger partial charge in [-0.15, -0.1) is 0 Å². The highest BCUT2D eigenvalue weighted by Crippen LogP contribution is 2.47. The third-order valence-electron chi connectivity index (χ3n) is 4.49. The Balaban J connectivity index is 1.74. The summed E-state index contributed by atoms with van der Waals surface area (Å²) in [5.74, 6) is 6.87. The number of nitrogens with zero attached hydrogens (tertiary/aromatic N) is 2. The number of halogens is 3. The van der Waals surface area contributed by atoms with Gasteiger partial charge in [0.1, 0.15) is 11.3 Å². The van der Waals surface area contributed by atoms with Crippen molar-refractivity contribution in [2.45, 2.75) is 51.4 Å². The lowest BCUT2D eigenvalue weighted by molar-refractivity contribution is -0.137. The molecule has 1 aliphatic heterocycles. The molecule has 1 aromatic heterocycles. The summed E-state index contributed by atoms with van der Waals surface area (Å²) in [6.07, 6.45) is -2.21. The van der Waals surface area contributed by atoms with E-state index < -0.39 is 23.4 Å². The van der Waals surface area contributed by atoms with Crippen molar-refractivity contribution in [2.24, 2.45) is 11.8 Å². The summed E-state index contributed by atoms with van der Waals surface area (Å²) in [5, 5.41) is 0. The molecule has 140 valence electrons. The maximum atomic E-state index is 12.6. The van der Waals surface area contributed by atoms with Gasteiger partial charge in [-0.3, -0.25) is 4.90 Å². The van der Waals surface area contributed by atoms with Crippen molar-refractivity contribution in [1.82, 2.24) is 9.88 Å². The van der Waals surface area contributed by atoms with Crippen LogP contribution in [0.15, 0.2) is 18.3 Å². The number of carbonyl (C=O) groups excluding carboxylic acids is 1. The Morgan fingerprint density at radius 1 is 1.23 bits per heavy atom. The molecule has 7 heteroatoms. The van der Waals surface area contributed by atoms with Crippen LogP contribution >= 0.6 is 0 Å². The zero-order valence-corrected chi connectivity index (χ0v) is 14.9. The van der Waals surface area contributed by atoms with Gasteiger partial charge in [0.2, 0.25) is 0 Å². The molecule has 1 amide bonds. The first-order valence-corrected chi connectivity index (χ1v) is 8.57. The molecule has 0 N–H and O–H groups in total. The van der Waals surface area contributed by atoms with E-state index in [1.807, 2.05) is 20.8 Å². The highest BCUT2D eigenvalue weighted by atomic mass is 19.4.